The molecule has 0 bridgehead atoms. The van der Waals surface area contributed by atoms with Gasteiger partial charge in [0.2, 0.25) is 5.91 Å². The number of benzene rings is 2. The lowest BCUT2D eigenvalue weighted by Crippen LogP contribution is -2.50. The lowest BCUT2D eigenvalue weighted by atomic mass is 10.0. The van der Waals surface area contributed by atoms with Crippen LogP contribution in [0, 0.1) is 10.1 Å². The predicted octanol–water partition coefficient (Wildman–Crippen LogP) is 3.39. The van der Waals surface area contributed by atoms with Crippen molar-refractivity contribution in [3.8, 4) is 0 Å². The monoisotopic (exact) mass is 480 g/mol. The molecule has 2 aromatic carbocycles. The van der Waals surface area contributed by atoms with Gasteiger partial charge in [-0.3, -0.25) is 24.3 Å². The zero-order valence-corrected chi connectivity index (χ0v) is 19.8. The van der Waals surface area contributed by atoms with Gasteiger partial charge in [-0.25, -0.2) is 4.79 Å². The van der Waals surface area contributed by atoms with Gasteiger partial charge in [0.05, 0.1) is 16.5 Å². The fourth-order valence-corrected chi connectivity index (χ4v) is 4.28. The fraction of sp³-hybridized carbons (Fsp3) is 0.400. The Labute approximate surface area is 201 Å². The number of rotatable bonds is 7. The van der Waals surface area contributed by atoms with Gasteiger partial charge in [0.1, 0.15) is 0 Å². The average molecular weight is 481 g/mol. The van der Waals surface area contributed by atoms with E-state index in [1.54, 1.807) is 9.80 Å². The average Bonchev–Trinajstić information content (AvgIpc) is 3.17. The van der Waals surface area contributed by atoms with Crippen molar-refractivity contribution in [1.82, 2.24) is 14.4 Å². The topological polar surface area (TPSA) is 119 Å². The fourth-order valence-electron chi connectivity index (χ4n) is 4.28. The van der Waals surface area contributed by atoms with Crippen molar-refractivity contribution < 1.29 is 18.9 Å². The van der Waals surface area contributed by atoms with Crippen molar-refractivity contribution in [2.45, 2.75) is 39.2 Å². The highest BCUT2D eigenvalue weighted by molar-refractivity contribution is 5.94. The Morgan fingerprint density at radius 1 is 1.03 bits per heavy atom. The molecule has 1 aliphatic rings. The van der Waals surface area contributed by atoms with Crippen molar-refractivity contribution in [3.05, 3.63) is 74.3 Å². The number of carbonyl (C=O) groups is 2. The Hall–Kier alpha value is -3.95. The van der Waals surface area contributed by atoms with Crippen molar-refractivity contribution in [3.63, 3.8) is 0 Å². The summed E-state index contributed by atoms with van der Waals surface area (Å²) in [6.07, 6.45) is 0.669. The number of fused-ring (bicyclic) bond motifs is 1. The second-order valence-electron chi connectivity index (χ2n) is 8.98. The Balaban J connectivity index is 1.28. The summed E-state index contributed by atoms with van der Waals surface area (Å²) in [5.74, 6) is -0.267. The summed E-state index contributed by atoms with van der Waals surface area (Å²) in [6, 6.07) is 11.7. The van der Waals surface area contributed by atoms with E-state index in [2.05, 4.69) is 13.8 Å². The molecule has 0 N–H and O–H groups in total. The third-order valence-corrected chi connectivity index (χ3v) is 6.38. The van der Waals surface area contributed by atoms with Gasteiger partial charge in [-0.15, -0.1) is 0 Å². The van der Waals surface area contributed by atoms with E-state index in [0.29, 0.717) is 49.6 Å². The number of carbonyl (C=O) groups excluding carboxylic acids is 2. The number of nitro benzene ring substituents is 1. The molecule has 3 aromatic rings. The zero-order valence-electron chi connectivity index (χ0n) is 19.8. The highest BCUT2D eigenvalue weighted by Crippen LogP contribution is 2.21. The molecule has 10 nitrogen and oxygen atoms in total. The summed E-state index contributed by atoms with van der Waals surface area (Å²) in [6.45, 7) is 6.36. The van der Waals surface area contributed by atoms with Crippen LogP contribution < -0.4 is 5.76 Å². The molecule has 10 heteroatoms. The van der Waals surface area contributed by atoms with Crippen LogP contribution >= 0.6 is 0 Å². The quantitative estimate of drug-likeness (QED) is 0.378. The molecule has 0 atom stereocenters. The molecule has 0 spiro atoms. The van der Waals surface area contributed by atoms with E-state index in [9.17, 15) is 24.5 Å². The molecule has 1 saturated heterocycles. The van der Waals surface area contributed by atoms with Gasteiger partial charge in [-0.2, -0.15) is 0 Å². The predicted molar refractivity (Wildman–Crippen MR) is 129 cm³/mol. The second-order valence-corrected chi connectivity index (χ2v) is 8.98. The van der Waals surface area contributed by atoms with E-state index in [1.807, 2.05) is 24.3 Å². The Kier molecular flexibility index (Phi) is 6.99. The van der Waals surface area contributed by atoms with Crippen molar-refractivity contribution in [2.24, 2.45) is 0 Å². The number of nitrogens with zero attached hydrogens (tertiary/aromatic N) is 4. The molecule has 35 heavy (non-hydrogen) atoms. The van der Waals surface area contributed by atoms with Crippen LogP contribution in [0.25, 0.3) is 11.1 Å². The summed E-state index contributed by atoms with van der Waals surface area (Å²) in [5, 5.41) is 10.9. The third kappa shape index (κ3) is 5.26. The van der Waals surface area contributed by atoms with E-state index in [4.69, 9.17) is 4.42 Å². The van der Waals surface area contributed by atoms with Crippen LogP contribution in [0.2, 0.25) is 0 Å². The molecular weight excluding hydrogens is 452 g/mol. The van der Waals surface area contributed by atoms with E-state index in [-0.39, 0.29) is 36.1 Å². The number of nitro groups is 1. The number of hydrogen-bond acceptors (Lipinski definition) is 6. The Morgan fingerprint density at radius 3 is 2.31 bits per heavy atom. The lowest BCUT2D eigenvalue weighted by molar-refractivity contribution is -0.384. The maximum Gasteiger partial charge on any atom is 0.419 e. The normalized spacial score (nSPS) is 14.0. The maximum absolute atomic E-state index is 12.8. The first-order valence-electron chi connectivity index (χ1n) is 11.7. The summed E-state index contributed by atoms with van der Waals surface area (Å²) >= 11 is 0. The molecule has 2 heterocycles. The number of non-ortho nitro benzene ring substituents is 1. The zero-order chi connectivity index (χ0) is 25.1. The minimum Gasteiger partial charge on any atom is -0.407 e. The molecule has 0 radical (unpaired) electrons. The van der Waals surface area contributed by atoms with Crippen LogP contribution in [0.4, 0.5) is 5.69 Å². The highest BCUT2D eigenvalue weighted by atomic mass is 16.6. The third-order valence-electron chi connectivity index (χ3n) is 6.38. The van der Waals surface area contributed by atoms with E-state index in [1.165, 1.54) is 28.3 Å². The Morgan fingerprint density at radius 2 is 1.69 bits per heavy atom. The van der Waals surface area contributed by atoms with Gasteiger partial charge in [-0.05, 0) is 36.1 Å². The largest absolute Gasteiger partial charge is 0.419 e. The molecular formula is C25H28N4O6. The molecule has 1 fully saturated rings. The van der Waals surface area contributed by atoms with Gasteiger partial charge < -0.3 is 14.2 Å². The Bertz CT molecular complexity index is 1300. The SMILES string of the molecule is CC(C)c1ccc(C(=O)N2CCN(C(=O)CCCn3c(=O)oc4cc([N+](=O)[O-])ccc43)CC2)cc1. The summed E-state index contributed by atoms with van der Waals surface area (Å²) in [7, 11) is 0. The number of hydrogen-bond donors (Lipinski definition) is 0. The van der Waals surface area contributed by atoms with Gasteiger partial charge >= 0.3 is 5.76 Å². The highest BCUT2D eigenvalue weighted by Gasteiger charge is 2.25. The second kappa shape index (κ2) is 10.1. The first kappa shape index (κ1) is 24.2. The number of oxazole rings is 1. The maximum atomic E-state index is 12.8. The van der Waals surface area contributed by atoms with Crippen LogP contribution in [-0.2, 0) is 11.3 Å². The van der Waals surface area contributed by atoms with Gasteiger partial charge in [-0.1, -0.05) is 26.0 Å². The van der Waals surface area contributed by atoms with Gasteiger partial charge in [0.25, 0.3) is 11.6 Å². The summed E-state index contributed by atoms with van der Waals surface area (Å²) in [4.78, 5) is 51.5. The first-order chi connectivity index (χ1) is 16.7. The van der Waals surface area contributed by atoms with Crippen molar-refractivity contribution in [2.75, 3.05) is 26.2 Å². The molecule has 1 aromatic heterocycles. The molecule has 2 amide bonds. The van der Waals surface area contributed by atoms with Gasteiger partial charge in [0.15, 0.2) is 5.58 Å². The number of amides is 2. The van der Waals surface area contributed by atoms with Crippen molar-refractivity contribution in [1.29, 1.82) is 0 Å². The molecule has 4 rings (SSSR count). The molecule has 0 saturated carbocycles. The lowest BCUT2D eigenvalue weighted by Gasteiger charge is -2.35. The smallest absolute Gasteiger partial charge is 0.407 e. The minimum atomic E-state index is -0.610. The van der Waals surface area contributed by atoms with Crippen LogP contribution in [0.1, 0.15) is 48.5 Å². The molecule has 184 valence electrons. The number of aryl methyl sites for hydroxylation is 1. The standard InChI is InChI=1S/C25H28N4O6/c1-17(2)18-5-7-19(8-6-18)24(31)27-14-12-26(13-15-27)23(30)4-3-11-28-21-10-9-20(29(33)34)16-22(21)35-25(28)32/h5-10,16-17H,3-4,11-15H2,1-2H3. The first-order valence-corrected chi connectivity index (χ1v) is 11.7. The van der Waals surface area contributed by atoms with Crippen LogP contribution in [0.15, 0.2) is 51.7 Å². The minimum absolute atomic E-state index is 0.0288. The van der Waals surface area contributed by atoms with E-state index in [0.717, 1.165) is 0 Å². The molecule has 0 unspecified atom stereocenters. The van der Waals surface area contributed by atoms with Crippen LogP contribution in [-0.4, -0.2) is 57.3 Å². The van der Waals surface area contributed by atoms with E-state index < -0.39 is 10.7 Å². The summed E-state index contributed by atoms with van der Waals surface area (Å²) in [5.41, 5.74) is 2.29. The van der Waals surface area contributed by atoms with Crippen LogP contribution in [0.5, 0.6) is 0 Å². The number of aromatic nitrogens is 1. The molecule has 1 aliphatic heterocycles. The van der Waals surface area contributed by atoms with Crippen LogP contribution in [0.3, 0.4) is 0 Å². The molecule has 0 aliphatic carbocycles. The van der Waals surface area contributed by atoms with Crippen molar-refractivity contribution >= 4 is 28.6 Å². The summed E-state index contributed by atoms with van der Waals surface area (Å²) < 4.78 is 6.51. The van der Waals surface area contributed by atoms with E-state index >= 15 is 0 Å². The number of piperazine rings is 1. The van der Waals surface area contributed by atoms with Gasteiger partial charge in [0, 0.05) is 50.8 Å².